The normalized spacial score (nSPS) is 15.1. The monoisotopic (exact) mass is 405 g/mol. The van der Waals surface area contributed by atoms with Crippen LogP contribution in [0.25, 0.3) is 12.2 Å². The minimum Gasteiger partial charge on any atom is -0.369 e. The van der Waals surface area contributed by atoms with Crippen LogP contribution in [-0.4, -0.2) is 54.5 Å². The molecule has 6 heteroatoms. The summed E-state index contributed by atoms with van der Waals surface area (Å²) in [5, 5.41) is 8.48. The second kappa shape index (κ2) is 10.5. The molecule has 30 heavy (non-hydrogen) atoms. The fraction of sp³-hybridized carbons (Fsp3) is 0.250. The third-order valence-electron chi connectivity index (χ3n) is 5.24. The van der Waals surface area contributed by atoms with Crippen LogP contribution in [0.15, 0.2) is 60.7 Å². The van der Waals surface area contributed by atoms with Crippen molar-refractivity contribution in [2.75, 3.05) is 37.6 Å². The number of hydrogen-bond acceptors (Lipinski definition) is 5. The Morgan fingerprint density at radius 1 is 0.900 bits per heavy atom. The molecule has 1 fully saturated rings. The molecule has 0 radical (unpaired) electrons. The highest BCUT2D eigenvalue weighted by atomic mass is 16.5. The van der Waals surface area contributed by atoms with Crippen molar-refractivity contribution < 1.29 is 14.8 Å². The molecule has 0 aromatic heterocycles. The lowest BCUT2D eigenvalue weighted by molar-refractivity contribution is -0.124. The summed E-state index contributed by atoms with van der Waals surface area (Å²) in [6.07, 6.45) is 6.17. The van der Waals surface area contributed by atoms with Gasteiger partial charge >= 0.3 is 0 Å². The first-order valence-corrected chi connectivity index (χ1v) is 10.1. The molecular formula is C24H27N3O3. The van der Waals surface area contributed by atoms with E-state index in [0.29, 0.717) is 5.56 Å². The number of carbonyl (C=O) groups excluding carboxylic acids is 2. The van der Waals surface area contributed by atoms with Crippen LogP contribution >= 0.6 is 0 Å². The number of amides is 1. The fourth-order valence-electron chi connectivity index (χ4n) is 3.35. The fourth-order valence-corrected chi connectivity index (χ4v) is 3.35. The van der Waals surface area contributed by atoms with Gasteiger partial charge in [-0.25, -0.2) is 5.48 Å². The van der Waals surface area contributed by atoms with Gasteiger partial charge in [0.15, 0.2) is 5.78 Å². The number of piperazine rings is 1. The number of likely N-dealkylation sites (N-methyl/N-ethyl adjacent to an activating group) is 1. The van der Waals surface area contributed by atoms with Crippen molar-refractivity contribution in [1.29, 1.82) is 0 Å². The number of anilines is 1. The van der Waals surface area contributed by atoms with E-state index in [9.17, 15) is 9.59 Å². The van der Waals surface area contributed by atoms with Crippen LogP contribution in [0.4, 0.5) is 5.69 Å². The molecule has 1 heterocycles. The van der Waals surface area contributed by atoms with E-state index >= 15 is 0 Å². The van der Waals surface area contributed by atoms with Crippen molar-refractivity contribution in [3.05, 3.63) is 77.4 Å². The number of benzene rings is 2. The number of nitrogens with zero attached hydrogens (tertiary/aromatic N) is 2. The van der Waals surface area contributed by atoms with Crippen molar-refractivity contribution in [2.24, 2.45) is 0 Å². The maximum absolute atomic E-state index is 12.5. The van der Waals surface area contributed by atoms with Gasteiger partial charge in [-0.1, -0.05) is 37.3 Å². The van der Waals surface area contributed by atoms with Gasteiger partial charge in [0.05, 0.1) is 0 Å². The predicted molar refractivity (Wildman–Crippen MR) is 120 cm³/mol. The van der Waals surface area contributed by atoms with E-state index in [-0.39, 0.29) is 5.78 Å². The Morgan fingerprint density at radius 2 is 1.47 bits per heavy atom. The van der Waals surface area contributed by atoms with E-state index in [4.69, 9.17) is 5.21 Å². The minimum absolute atomic E-state index is 0.0408. The van der Waals surface area contributed by atoms with Gasteiger partial charge in [0, 0.05) is 43.5 Å². The molecule has 1 amide bonds. The van der Waals surface area contributed by atoms with Crippen LogP contribution in [-0.2, 0) is 4.79 Å². The van der Waals surface area contributed by atoms with Gasteiger partial charge < -0.3 is 9.80 Å². The van der Waals surface area contributed by atoms with Crippen molar-refractivity contribution in [3.63, 3.8) is 0 Å². The summed E-state index contributed by atoms with van der Waals surface area (Å²) in [4.78, 5) is 28.3. The number of hydrogen-bond donors (Lipinski definition) is 2. The lowest BCUT2D eigenvalue weighted by Gasteiger charge is -2.35. The summed E-state index contributed by atoms with van der Waals surface area (Å²) < 4.78 is 0. The zero-order valence-corrected chi connectivity index (χ0v) is 17.1. The first-order chi connectivity index (χ1) is 14.6. The van der Waals surface area contributed by atoms with E-state index in [1.54, 1.807) is 23.7 Å². The number of rotatable bonds is 7. The van der Waals surface area contributed by atoms with E-state index in [0.717, 1.165) is 49.5 Å². The summed E-state index contributed by atoms with van der Waals surface area (Å²) in [6.45, 7) is 7.45. The van der Waals surface area contributed by atoms with Crippen molar-refractivity contribution in [2.45, 2.75) is 6.92 Å². The Hall–Kier alpha value is -3.22. The zero-order valence-electron chi connectivity index (χ0n) is 17.1. The third-order valence-corrected chi connectivity index (χ3v) is 5.24. The topological polar surface area (TPSA) is 72.9 Å². The molecule has 2 N–H and O–H groups in total. The summed E-state index contributed by atoms with van der Waals surface area (Å²) in [5.41, 5.74) is 5.07. The van der Waals surface area contributed by atoms with E-state index in [1.807, 2.05) is 48.5 Å². The third kappa shape index (κ3) is 5.89. The first-order valence-electron chi connectivity index (χ1n) is 10.1. The molecule has 2 aromatic rings. The van der Waals surface area contributed by atoms with Crippen molar-refractivity contribution in [3.8, 4) is 0 Å². The molecule has 0 spiro atoms. The van der Waals surface area contributed by atoms with E-state index in [1.165, 1.54) is 6.08 Å². The quantitative estimate of drug-likeness (QED) is 0.320. The molecule has 2 aromatic carbocycles. The Morgan fingerprint density at radius 3 is 2.00 bits per heavy atom. The molecule has 0 bridgehead atoms. The van der Waals surface area contributed by atoms with Gasteiger partial charge in [-0.15, -0.1) is 0 Å². The number of hydroxylamine groups is 1. The molecule has 0 unspecified atom stereocenters. The summed E-state index contributed by atoms with van der Waals surface area (Å²) in [6, 6.07) is 15.2. The van der Waals surface area contributed by atoms with Gasteiger partial charge in [0.25, 0.3) is 5.91 Å². The Labute approximate surface area is 177 Å². The van der Waals surface area contributed by atoms with Gasteiger partial charge in [-0.05, 0) is 54.1 Å². The lowest BCUT2D eigenvalue weighted by Crippen LogP contribution is -2.46. The largest absolute Gasteiger partial charge is 0.369 e. The SMILES string of the molecule is CCN1CCN(c2ccc(C(=O)C=Cc3ccc(C=CC(=O)NO)cc3)cc2)CC1. The number of allylic oxidation sites excluding steroid dienone is 1. The molecule has 6 nitrogen and oxygen atoms in total. The predicted octanol–water partition coefficient (Wildman–Crippen LogP) is 3.24. The summed E-state index contributed by atoms with van der Waals surface area (Å²) >= 11 is 0. The smallest absolute Gasteiger partial charge is 0.267 e. The van der Waals surface area contributed by atoms with E-state index in [2.05, 4.69) is 16.7 Å². The van der Waals surface area contributed by atoms with Gasteiger partial charge in [0.2, 0.25) is 0 Å². The lowest BCUT2D eigenvalue weighted by atomic mass is 10.1. The Bertz CT molecular complexity index is 910. The van der Waals surface area contributed by atoms with Crippen LogP contribution in [0.1, 0.15) is 28.4 Å². The Balaban J connectivity index is 1.57. The molecule has 1 aliphatic heterocycles. The maximum atomic E-state index is 12.5. The molecule has 1 saturated heterocycles. The van der Waals surface area contributed by atoms with Crippen molar-refractivity contribution >= 4 is 29.5 Å². The van der Waals surface area contributed by atoms with Gasteiger partial charge in [-0.2, -0.15) is 0 Å². The second-order valence-electron chi connectivity index (χ2n) is 7.14. The van der Waals surface area contributed by atoms with Crippen LogP contribution in [0.5, 0.6) is 0 Å². The van der Waals surface area contributed by atoms with Crippen LogP contribution in [0, 0.1) is 0 Å². The first kappa shape index (κ1) is 21.5. The molecule has 156 valence electrons. The van der Waals surface area contributed by atoms with Crippen molar-refractivity contribution in [1.82, 2.24) is 10.4 Å². The highest BCUT2D eigenvalue weighted by Crippen LogP contribution is 2.18. The molecular weight excluding hydrogens is 378 g/mol. The van der Waals surface area contributed by atoms with Crippen LogP contribution < -0.4 is 10.4 Å². The molecule has 3 rings (SSSR count). The number of nitrogens with one attached hydrogen (secondary N) is 1. The maximum Gasteiger partial charge on any atom is 0.267 e. The summed E-state index contributed by atoms with van der Waals surface area (Å²) in [7, 11) is 0. The highest BCUT2D eigenvalue weighted by molar-refractivity contribution is 6.07. The standard InChI is InChI=1S/C24H27N3O3/c1-2-26-15-17-27(18-16-26)22-11-9-21(10-12-22)23(28)13-7-19-3-5-20(6-4-19)8-14-24(29)25-30/h3-14,30H,2,15-18H2,1H3,(H,25,29). The van der Waals surface area contributed by atoms with Gasteiger partial charge in [0.1, 0.15) is 0 Å². The molecule has 1 aliphatic rings. The average Bonchev–Trinajstić information content (AvgIpc) is 2.81. The van der Waals surface area contributed by atoms with Crippen LogP contribution in [0.3, 0.4) is 0 Å². The number of ketones is 1. The summed E-state index contributed by atoms with van der Waals surface area (Å²) in [5.74, 6) is -0.625. The molecule has 0 aliphatic carbocycles. The van der Waals surface area contributed by atoms with Crippen LogP contribution in [0.2, 0.25) is 0 Å². The highest BCUT2D eigenvalue weighted by Gasteiger charge is 2.15. The second-order valence-corrected chi connectivity index (χ2v) is 7.14. The minimum atomic E-state index is -0.584. The average molecular weight is 405 g/mol. The van der Waals surface area contributed by atoms with Gasteiger partial charge in [-0.3, -0.25) is 14.8 Å². The van der Waals surface area contributed by atoms with E-state index < -0.39 is 5.91 Å². The zero-order chi connectivity index (χ0) is 21.3. The molecule has 0 saturated carbocycles. The Kier molecular flexibility index (Phi) is 7.54. The molecule has 0 atom stereocenters. The number of carbonyl (C=O) groups is 2.